The van der Waals surface area contributed by atoms with Gasteiger partial charge in [0.1, 0.15) is 25.3 Å². The van der Waals surface area contributed by atoms with Gasteiger partial charge in [-0.05, 0) is 17.9 Å². The summed E-state index contributed by atoms with van der Waals surface area (Å²) in [6.07, 6.45) is 1.77. The van der Waals surface area contributed by atoms with Crippen LogP contribution in [-0.2, 0) is 11.8 Å². The number of quaternary nitrogens is 1. The summed E-state index contributed by atoms with van der Waals surface area (Å²) in [7, 11) is 1.91. The Bertz CT molecular complexity index is 369. The zero-order valence-corrected chi connectivity index (χ0v) is 8.99. The molecule has 1 aliphatic rings. The van der Waals surface area contributed by atoms with Crippen LogP contribution in [-0.4, -0.2) is 42.6 Å². The molecule has 1 saturated heterocycles. The number of morpholine rings is 1. The predicted molar refractivity (Wildman–Crippen MR) is 56.5 cm³/mol. The summed E-state index contributed by atoms with van der Waals surface area (Å²) in [5, 5.41) is 4.07. The number of aryl methyl sites for hydroxylation is 1. The normalized spacial score (nSPS) is 17.1. The Labute approximate surface area is 89.8 Å². The largest absolute Gasteiger partial charge is 0.370 e. The van der Waals surface area contributed by atoms with Gasteiger partial charge in [0.2, 0.25) is 0 Å². The molecule has 0 unspecified atom stereocenters. The summed E-state index contributed by atoms with van der Waals surface area (Å²) in [4.78, 5) is 1.51. The molecule has 0 aromatic carbocycles. The molecule has 0 saturated carbocycles. The van der Waals surface area contributed by atoms with E-state index in [4.69, 9.17) is 4.74 Å². The highest BCUT2D eigenvalue weighted by molar-refractivity contribution is 5.26. The molecule has 0 radical (unpaired) electrons. The van der Waals surface area contributed by atoms with Crippen molar-refractivity contribution in [3.8, 4) is 11.8 Å². The van der Waals surface area contributed by atoms with Gasteiger partial charge < -0.3 is 9.64 Å². The molecule has 2 rings (SSSR count). The van der Waals surface area contributed by atoms with Crippen molar-refractivity contribution >= 4 is 0 Å². The van der Waals surface area contributed by atoms with Crippen LogP contribution in [0.5, 0.6) is 0 Å². The quantitative estimate of drug-likeness (QED) is 0.578. The lowest BCUT2D eigenvalue weighted by Crippen LogP contribution is -3.14. The van der Waals surface area contributed by atoms with Crippen molar-refractivity contribution < 1.29 is 9.64 Å². The van der Waals surface area contributed by atoms with E-state index in [1.54, 1.807) is 10.9 Å². The van der Waals surface area contributed by atoms with E-state index in [0.717, 1.165) is 38.5 Å². The average molecular weight is 206 g/mol. The average Bonchev–Trinajstić information content (AvgIpc) is 2.66. The van der Waals surface area contributed by atoms with Gasteiger partial charge in [0.05, 0.1) is 19.4 Å². The fourth-order valence-corrected chi connectivity index (χ4v) is 1.59. The maximum absolute atomic E-state index is 5.29. The SMILES string of the molecule is Cn1nccc1C#CC[NH+]1CCOCC1. The Morgan fingerprint density at radius 1 is 1.53 bits per heavy atom. The minimum absolute atomic E-state index is 0.864. The molecule has 0 amide bonds. The molecular weight excluding hydrogens is 190 g/mol. The van der Waals surface area contributed by atoms with Crippen molar-refractivity contribution in [3.05, 3.63) is 18.0 Å². The highest BCUT2D eigenvalue weighted by Gasteiger charge is 2.11. The molecule has 1 aromatic heterocycles. The maximum Gasteiger partial charge on any atom is 0.139 e. The second-order valence-corrected chi connectivity index (χ2v) is 3.68. The third-order valence-electron chi connectivity index (χ3n) is 2.58. The van der Waals surface area contributed by atoms with Gasteiger partial charge in [-0.25, -0.2) is 0 Å². The first kappa shape index (κ1) is 10.2. The second-order valence-electron chi connectivity index (χ2n) is 3.68. The molecule has 1 N–H and O–H groups in total. The van der Waals surface area contributed by atoms with Gasteiger partial charge in [-0.15, -0.1) is 0 Å². The van der Waals surface area contributed by atoms with Gasteiger partial charge in [-0.1, -0.05) is 0 Å². The van der Waals surface area contributed by atoms with Gasteiger partial charge >= 0.3 is 0 Å². The lowest BCUT2D eigenvalue weighted by Gasteiger charge is -2.21. The molecular formula is C11H16N3O+. The molecule has 1 fully saturated rings. The third kappa shape index (κ3) is 2.82. The summed E-state index contributed by atoms with van der Waals surface area (Å²) in [5.41, 5.74) is 0.975. The Balaban J connectivity index is 1.87. The minimum Gasteiger partial charge on any atom is -0.370 e. The lowest BCUT2D eigenvalue weighted by atomic mass is 10.4. The molecule has 0 atom stereocenters. The highest BCUT2D eigenvalue weighted by Crippen LogP contribution is 1.91. The number of rotatable bonds is 1. The summed E-state index contributed by atoms with van der Waals surface area (Å²) >= 11 is 0. The summed E-state index contributed by atoms with van der Waals surface area (Å²) in [6, 6.07) is 1.93. The number of hydrogen-bond acceptors (Lipinski definition) is 2. The molecule has 4 heteroatoms. The Hall–Kier alpha value is -1.31. The van der Waals surface area contributed by atoms with Gasteiger partial charge in [0, 0.05) is 7.05 Å². The number of nitrogens with one attached hydrogen (secondary N) is 1. The van der Waals surface area contributed by atoms with E-state index in [0.29, 0.717) is 0 Å². The number of ether oxygens (including phenoxy) is 1. The van der Waals surface area contributed by atoms with Gasteiger partial charge in [-0.3, -0.25) is 4.68 Å². The predicted octanol–water partition coefficient (Wildman–Crippen LogP) is -1.31. The Morgan fingerprint density at radius 2 is 2.33 bits per heavy atom. The standard InChI is InChI=1S/C11H15N3O/c1-13-11(4-5-12-13)3-2-6-14-7-9-15-10-8-14/h4-5H,6-10H2,1H3/p+1. The van der Waals surface area contributed by atoms with E-state index in [9.17, 15) is 0 Å². The lowest BCUT2D eigenvalue weighted by molar-refractivity contribution is -0.900. The van der Waals surface area contributed by atoms with Gasteiger partial charge in [0.25, 0.3) is 0 Å². The van der Waals surface area contributed by atoms with Crippen molar-refractivity contribution in [2.24, 2.45) is 7.05 Å². The van der Waals surface area contributed by atoms with Crippen molar-refractivity contribution in [1.82, 2.24) is 9.78 Å². The van der Waals surface area contributed by atoms with Crippen molar-refractivity contribution in [2.45, 2.75) is 0 Å². The first-order valence-corrected chi connectivity index (χ1v) is 5.24. The third-order valence-corrected chi connectivity index (χ3v) is 2.58. The maximum atomic E-state index is 5.29. The fourth-order valence-electron chi connectivity index (χ4n) is 1.59. The molecule has 1 aliphatic heterocycles. The van der Waals surface area contributed by atoms with Crippen molar-refractivity contribution in [2.75, 3.05) is 32.8 Å². The van der Waals surface area contributed by atoms with Crippen LogP contribution in [0.15, 0.2) is 12.3 Å². The van der Waals surface area contributed by atoms with E-state index in [1.165, 1.54) is 4.90 Å². The number of aromatic nitrogens is 2. The molecule has 2 heterocycles. The van der Waals surface area contributed by atoms with Crippen LogP contribution in [0.1, 0.15) is 5.69 Å². The van der Waals surface area contributed by atoms with Crippen LogP contribution in [0.2, 0.25) is 0 Å². The smallest absolute Gasteiger partial charge is 0.139 e. The van der Waals surface area contributed by atoms with Crippen LogP contribution in [0, 0.1) is 11.8 Å². The van der Waals surface area contributed by atoms with Crippen molar-refractivity contribution in [1.29, 1.82) is 0 Å². The van der Waals surface area contributed by atoms with E-state index in [1.807, 2.05) is 13.1 Å². The van der Waals surface area contributed by atoms with Gasteiger partial charge in [-0.2, -0.15) is 5.10 Å². The number of hydrogen-bond donors (Lipinski definition) is 1. The van der Waals surface area contributed by atoms with E-state index >= 15 is 0 Å². The molecule has 0 aliphatic carbocycles. The molecule has 0 spiro atoms. The first-order chi connectivity index (χ1) is 7.36. The van der Waals surface area contributed by atoms with E-state index in [-0.39, 0.29) is 0 Å². The molecule has 15 heavy (non-hydrogen) atoms. The van der Waals surface area contributed by atoms with Crippen LogP contribution < -0.4 is 4.90 Å². The molecule has 0 bridgehead atoms. The second kappa shape index (κ2) is 4.96. The van der Waals surface area contributed by atoms with Crippen molar-refractivity contribution in [3.63, 3.8) is 0 Å². The van der Waals surface area contributed by atoms with Gasteiger partial charge in [0.15, 0.2) is 0 Å². The van der Waals surface area contributed by atoms with E-state index in [2.05, 4.69) is 16.9 Å². The highest BCUT2D eigenvalue weighted by atomic mass is 16.5. The van der Waals surface area contributed by atoms with Crippen LogP contribution in [0.3, 0.4) is 0 Å². The monoisotopic (exact) mass is 206 g/mol. The molecule has 4 nitrogen and oxygen atoms in total. The zero-order valence-electron chi connectivity index (χ0n) is 8.99. The number of nitrogens with zero attached hydrogens (tertiary/aromatic N) is 2. The zero-order chi connectivity index (χ0) is 10.5. The van der Waals surface area contributed by atoms with Crippen LogP contribution in [0.4, 0.5) is 0 Å². The van der Waals surface area contributed by atoms with Crippen LogP contribution >= 0.6 is 0 Å². The topological polar surface area (TPSA) is 31.5 Å². The minimum atomic E-state index is 0.864. The van der Waals surface area contributed by atoms with Crippen LogP contribution in [0.25, 0.3) is 0 Å². The fraction of sp³-hybridized carbons (Fsp3) is 0.545. The Kier molecular flexibility index (Phi) is 3.38. The van der Waals surface area contributed by atoms with E-state index < -0.39 is 0 Å². The summed E-state index contributed by atoms with van der Waals surface area (Å²) < 4.78 is 7.08. The summed E-state index contributed by atoms with van der Waals surface area (Å²) in [5.74, 6) is 6.32. The first-order valence-electron chi connectivity index (χ1n) is 5.24. The molecule has 1 aromatic rings. The summed E-state index contributed by atoms with van der Waals surface area (Å²) in [6.45, 7) is 4.76. The Morgan fingerprint density at radius 3 is 3.00 bits per heavy atom. The molecule has 80 valence electrons.